The van der Waals surface area contributed by atoms with Gasteiger partial charge in [-0.2, -0.15) is 5.10 Å². The van der Waals surface area contributed by atoms with Gasteiger partial charge in [-0.05, 0) is 6.42 Å². The summed E-state index contributed by atoms with van der Waals surface area (Å²) in [4.78, 5) is 4.25. The average molecular weight is 256 g/mol. The Bertz CT molecular complexity index is 315. The molecule has 0 aliphatic rings. The molecule has 104 valence electrons. The van der Waals surface area contributed by atoms with E-state index in [0.717, 1.165) is 31.9 Å². The lowest BCUT2D eigenvalue weighted by atomic mass is 10.4. The molecular weight excluding hydrogens is 232 g/mol. The Morgan fingerprint density at radius 3 is 2.89 bits per heavy atom. The monoisotopic (exact) mass is 256 g/mol. The molecule has 1 rings (SSSR count). The minimum absolute atomic E-state index is 0.451. The van der Waals surface area contributed by atoms with E-state index < -0.39 is 0 Å². The highest BCUT2D eigenvalue weighted by Gasteiger charge is 2.04. The fraction of sp³-hybridized carbons (Fsp3) is 0.833. The number of methoxy groups -OCH3 is 1. The number of rotatable bonds is 10. The van der Waals surface area contributed by atoms with Crippen LogP contribution in [0, 0.1) is 0 Å². The van der Waals surface area contributed by atoms with Gasteiger partial charge in [0.05, 0.1) is 19.8 Å². The molecule has 0 aliphatic heterocycles. The molecule has 0 saturated carbocycles. The number of hydrogen-bond donors (Lipinski definition) is 1. The van der Waals surface area contributed by atoms with Crippen molar-refractivity contribution in [3.8, 4) is 0 Å². The van der Waals surface area contributed by atoms with Crippen molar-refractivity contribution in [3.05, 3.63) is 12.2 Å². The quantitative estimate of drug-likeness (QED) is 0.628. The summed E-state index contributed by atoms with van der Waals surface area (Å²) in [7, 11) is 1.67. The van der Waals surface area contributed by atoms with E-state index >= 15 is 0 Å². The third kappa shape index (κ3) is 6.09. The largest absolute Gasteiger partial charge is 0.382 e. The minimum Gasteiger partial charge on any atom is -0.382 e. The van der Waals surface area contributed by atoms with Crippen molar-refractivity contribution >= 4 is 0 Å². The van der Waals surface area contributed by atoms with E-state index in [4.69, 9.17) is 9.47 Å². The predicted octanol–water partition coefficient (Wildman–Crippen LogP) is 0.829. The molecule has 0 aliphatic carbocycles. The van der Waals surface area contributed by atoms with Crippen LogP contribution in [0.5, 0.6) is 0 Å². The molecule has 18 heavy (non-hydrogen) atoms. The summed E-state index contributed by atoms with van der Waals surface area (Å²) < 4.78 is 12.2. The summed E-state index contributed by atoms with van der Waals surface area (Å²) in [6.45, 7) is 7.84. The van der Waals surface area contributed by atoms with Crippen LogP contribution in [0.4, 0.5) is 0 Å². The van der Waals surface area contributed by atoms with Crippen LogP contribution in [0.3, 0.4) is 0 Å². The van der Waals surface area contributed by atoms with E-state index in [-0.39, 0.29) is 0 Å². The number of aromatic nitrogens is 3. The van der Waals surface area contributed by atoms with Gasteiger partial charge in [0.2, 0.25) is 0 Å². The lowest BCUT2D eigenvalue weighted by Crippen LogP contribution is -2.24. The molecule has 1 aromatic heterocycles. The lowest BCUT2D eigenvalue weighted by molar-refractivity contribution is 0.0676. The van der Waals surface area contributed by atoms with E-state index in [9.17, 15) is 0 Å². The zero-order valence-corrected chi connectivity index (χ0v) is 11.6. The van der Waals surface area contributed by atoms with Crippen molar-refractivity contribution < 1.29 is 9.47 Å². The number of hydrogen-bond acceptors (Lipinski definition) is 5. The third-order valence-electron chi connectivity index (χ3n) is 2.45. The Hall–Kier alpha value is -0.980. The summed E-state index contributed by atoms with van der Waals surface area (Å²) >= 11 is 0. The molecule has 0 radical (unpaired) electrons. The molecule has 0 unspecified atom stereocenters. The Kier molecular flexibility index (Phi) is 7.55. The number of ether oxygens (including phenoxy) is 2. The molecule has 6 nitrogen and oxygen atoms in total. The first kappa shape index (κ1) is 15.1. The van der Waals surface area contributed by atoms with Gasteiger partial charge in [-0.25, -0.2) is 9.67 Å². The van der Waals surface area contributed by atoms with Crippen molar-refractivity contribution in [2.24, 2.45) is 0 Å². The lowest BCUT2D eigenvalue weighted by Gasteiger charge is -2.09. The summed E-state index contributed by atoms with van der Waals surface area (Å²) in [5.74, 6) is 0.973. The molecule has 0 aromatic carbocycles. The molecular formula is C12H24N4O2. The van der Waals surface area contributed by atoms with Crippen molar-refractivity contribution in [2.75, 3.05) is 26.9 Å². The standard InChI is InChI=1S/C12H24N4O2/c1-11(2)13-9-12-14-10-15-16(12)5-4-6-18-8-7-17-3/h10-11,13H,4-9H2,1-3H3. The van der Waals surface area contributed by atoms with Gasteiger partial charge in [-0.3, -0.25) is 0 Å². The highest BCUT2D eigenvalue weighted by Crippen LogP contribution is 1.97. The Morgan fingerprint density at radius 1 is 1.33 bits per heavy atom. The highest BCUT2D eigenvalue weighted by molar-refractivity contribution is 4.84. The van der Waals surface area contributed by atoms with Crippen LogP contribution in [0.25, 0.3) is 0 Å². The molecule has 0 amide bonds. The van der Waals surface area contributed by atoms with E-state index in [1.54, 1.807) is 13.4 Å². The number of nitrogens with one attached hydrogen (secondary N) is 1. The Labute approximate surface area is 109 Å². The maximum atomic E-state index is 5.41. The van der Waals surface area contributed by atoms with Gasteiger partial charge in [0, 0.05) is 26.3 Å². The van der Waals surface area contributed by atoms with E-state index in [1.165, 1.54) is 0 Å². The van der Waals surface area contributed by atoms with Crippen LogP contribution >= 0.6 is 0 Å². The Balaban J connectivity index is 2.19. The van der Waals surface area contributed by atoms with E-state index in [2.05, 4.69) is 29.2 Å². The molecule has 0 bridgehead atoms. The molecule has 6 heteroatoms. The first-order valence-electron chi connectivity index (χ1n) is 6.40. The zero-order valence-electron chi connectivity index (χ0n) is 11.6. The maximum Gasteiger partial charge on any atom is 0.140 e. The summed E-state index contributed by atoms with van der Waals surface area (Å²) in [5, 5.41) is 7.55. The molecule has 0 spiro atoms. The molecule has 0 saturated heterocycles. The first-order valence-corrected chi connectivity index (χ1v) is 6.40. The second-order valence-electron chi connectivity index (χ2n) is 4.39. The minimum atomic E-state index is 0.451. The van der Waals surface area contributed by atoms with E-state index in [1.807, 2.05) is 4.68 Å². The molecule has 0 fully saturated rings. The number of nitrogens with zero attached hydrogens (tertiary/aromatic N) is 3. The summed E-state index contributed by atoms with van der Waals surface area (Å²) in [6.07, 6.45) is 2.53. The van der Waals surface area contributed by atoms with Gasteiger partial charge in [0.1, 0.15) is 12.2 Å². The van der Waals surface area contributed by atoms with Crippen LogP contribution in [0.2, 0.25) is 0 Å². The topological polar surface area (TPSA) is 61.2 Å². The van der Waals surface area contributed by atoms with Crippen LogP contribution in [0.15, 0.2) is 6.33 Å². The predicted molar refractivity (Wildman–Crippen MR) is 69.3 cm³/mol. The van der Waals surface area contributed by atoms with Crippen LogP contribution in [-0.2, 0) is 22.6 Å². The summed E-state index contributed by atoms with van der Waals surface area (Å²) in [5.41, 5.74) is 0. The van der Waals surface area contributed by atoms with Crippen molar-refractivity contribution in [3.63, 3.8) is 0 Å². The van der Waals surface area contributed by atoms with Gasteiger partial charge in [0.25, 0.3) is 0 Å². The smallest absolute Gasteiger partial charge is 0.140 e. The third-order valence-corrected chi connectivity index (χ3v) is 2.45. The van der Waals surface area contributed by atoms with Crippen LogP contribution < -0.4 is 5.32 Å². The highest BCUT2D eigenvalue weighted by atomic mass is 16.5. The maximum absolute atomic E-state index is 5.41. The van der Waals surface area contributed by atoms with Crippen molar-refractivity contribution in [1.29, 1.82) is 0 Å². The van der Waals surface area contributed by atoms with Crippen LogP contribution in [0.1, 0.15) is 26.1 Å². The second-order valence-corrected chi connectivity index (χ2v) is 4.39. The molecule has 1 N–H and O–H groups in total. The molecule has 0 atom stereocenters. The van der Waals surface area contributed by atoms with Crippen LogP contribution in [-0.4, -0.2) is 47.7 Å². The fourth-order valence-corrected chi connectivity index (χ4v) is 1.47. The van der Waals surface area contributed by atoms with Gasteiger partial charge in [-0.15, -0.1) is 0 Å². The SMILES string of the molecule is COCCOCCCn1ncnc1CNC(C)C. The van der Waals surface area contributed by atoms with Gasteiger partial charge in [0.15, 0.2) is 0 Å². The van der Waals surface area contributed by atoms with Gasteiger partial charge < -0.3 is 14.8 Å². The fourth-order valence-electron chi connectivity index (χ4n) is 1.47. The summed E-state index contributed by atoms with van der Waals surface area (Å²) in [6, 6.07) is 0.451. The normalized spacial score (nSPS) is 11.3. The molecule has 1 aromatic rings. The molecule has 1 heterocycles. The van der Waals surface area contributed by atoms with E-state index in [0.29, 0.717) is 19.3 Å². The van der Waals surface area contributed by atoms with Crippen molar-refractivity contribution in [1.82, 2.24) is 20.1 Å². The first-order chi connectivity index (χ1) is 8.74. The zero-order chi connectivity index (χ0) is 13.2. The Morgan fingerprint density at radius 2 is 2.17 bits per heavy atom. The van der Waals surface area contributed by atoms with Gasteiger partial charge >= 0.3 is 0 Å². The van der Waals surface area contributed by atoms with Gasteiger partial charge in [-0.1, -0.05) is 13.8 Å². The number of aryl methyl sites for hydroxylation is 1. The average Bonchev–Trinajstić information content (AvgIpc) is 2.78. The van der Waals surface area contributed by atoms with Crippen molar-refractivity contribution in [2.45, 2.75) is 39.4 Å². The second kappa shape index (κ2) is 9.02.